The largest absolute Gasteiger partial charge is 0.461 e. The minimum Gasteiger partial charge on any atom is -0.461 e. The first-order valence-corrected chi connectivity index (χ1v) is 6.76. The van der Waals surface area contributed by atoms with Crippen LogP contribution < -0.4 is 0 Å². The molecule has 0 aliphatic heterocycles. The van der Waals surface area contributed by atoms with Crippen LogP contribution in [0, 0.1) is 6.92 Å². The molecule has 0 N–H and O–H groups in total. The molecule has 16 heavy (non-hydrogen) atoms. The summed E-state index contributed by atoms with van der Waals surface area (Å²) in [6, 6.07) is 1.96. The Morgan fingerprint density at radius 2 is 2.25 bits per heavy atom. The van der Waals surface area contributed by atoms with Gasteiger partial charge in [-0.05, 0) is 31.2 Å². The number of hydrogen-bond donors (Lipinski definition) is 0. The molecule has 0 unspecified atom stereocenters. The SMILES string of the molecule is CCOC(=O)c1c(C)ccn1CCSCC. The molecule has 0 aromatic carbocycles. The maximum atomic E-state index is 11.7. The molecule has 0 atom stereocenters. The first kappa shape index (κ1) is 13.2. The van der Waals surface area contributed by atoms with Crippen LogP contribution in [-0.2, 0) is 11.3 Å². The molecule has 3 nitrogen and oxygen atoms in total. The Labute approximate surface area is 101 Å². The van der Waals surface area contributed by atoms with E-state index in [1.165, 1.54) is 0 Å². The summed E-state index contributed by atoms with van der Waals surface area (Å²) in [5.74, 6) is 1.91. The highest BCUT2D eigenvalue weighted by Gasteiger charge is 2.15. The minimum absolute atomic E-state index is 0.216. The molecule has 1 aromatic heterocycles. The number of carbonyl (C=O) groups is 1. The third-order valence-electron chi connectivity index (χ3n) is 2.31. The van der Waals surface area contributed by atoms with Crippen LogP contribution in [0.3, 0.4) is 0 Å². The lowest BCUT2D eigenvalue weighted by Gasteiger charge is -2.09. The van der Waals surface area contributed by atoms with Crippen LogP contribution in [0.25, 0.3) is 0 Å². The second kappa shape index (κ2) is 6.63. The predicted octanol–water partition coefficient (Wildman–Crippen LogP) is 2.73. The van der Waals surface area contributed by atoms with Gasteiger partial charge in [0, 0.05) is 18.5 Å². The highest BCUT2D eigenvalue weighted by molar-refractivity contribution is 7.99. The maximum Gasteiger partial charge on any atom is 0.355 e. The van der Waals surface area contributed by atoms with Crippen molar-refractivity contribution in [2.75, 3.05) is 18.1 Å². The Bertz CT molecular complexity index is 347. The van der Waals surface area contributed by atoms with E-state index < -0.39 is 0 Å². The van der Waals surface area contributed by atoms with Crippen molar-refractivity contribution in [1.82, 2.24) is 4.57 Å². The zero-order valence-electron chi connectivity index (χ0n) is 10.2. The zero-order valence-corrected chi connectivity index (χ0v) is 11.0. The lowest BCUT2D eigenvalue weighted by Crippen LogP contribution is -2.14. The molecule has 1 aromatic rings. The number of hydrogen-bond acceptors (Lipinski definition) is 3. The Morgan fingerprint density at radius 3 is 2.88 bits per heavy atom. The lowest BCUT2D eigenvalue weighted by atomic mass is 10.3. The van der Waals surface area contributed by atoms with Gasteiger partial charge in [-0.15, -0.1) is 0 Å². The average Bonchev–Trinajstić information content (AvgIpc) is 2.61. The molecular weight excluding hydrogens is 222 g/mol. The van der Waals surface area contributed by atoms with Crippen molar-refractivity contribution in [3.05, 3.63) is 23.5 Å². The van der Waals surface area contributed by atoms with Crippen LogP contribution in [0.5, 0.6) is 0 Å². The van der Waals surface area contributed by atoms with E-state index in [4.69, 9.17) is 4.74 Å². The van der Waals surface area contributed by atoms with Gasteiger partial charge in [-0.3, -0.25) is 0 Å². The van der Waals surface area contributed by atoms with E-state index in [1.54, 1.807) is 0 Å². The summed E-state index contributed by atoms with van der Waals surface area (Å²) in [6.07, 6.45) is 1.96. The van der Waals surface area contributed by atoms with Crippen LogP contribution in [0.15, 0.2) is 12.3 Å². The fraction of sp³-hybridized carbons (Fsp3) is 0.583. The fourth-order valence-electron chi connectivity index (χ4n) is 1.55. The fourth-order valence-corrected chi connectivity index (χ4v) is 2.17. The third-order valence-corrected chi connectivity index (χ3v) is 3.19. The molecule has 0 aliphatic carbocycles. The summed E-state index contributed by atoms with van der Waals surface area (Å²) >= 11 is 1.87. The first-order chi connectivity index (χ1) is 7.70. The zero-order chi connectivity index (χ0) is 12.0. The Balaban J connectivity index is 2.73. The highest BCUT2D eigenvalue weighted by Crippen LogP contribution is 2.13. The van der Waals surface area contributed by atoms with Crippen LogP contribution in [0.2, 0.25) is 0 Å². The molecule has 0 aliphatic rings. The monoisotopic (exact) mass is 241 g/mol. The molecule has 0 saturated heterocycles. The number of esters is 1. The van der Waals surface area contributed by atoms with Crippen LogP contribution in [0.4, 0.5) is 0 Å². The average molecular weight is 241 g/mol. The quantitative estimate of drug-likeness (QED) is 0.567. The molecule has 0 amide bonds. The topological polar surface area (TPSA) is 31.2 Å². The molecule has 1 rings (SSSR count). The molecule has 1 heterocycles. The molecule has 90 valence electrons. The smallest absolute Gasteiger partial charge is 0.355 e. The summed E-state index contributed by atoms with van der Waals surface area (Å²) < 4.78 is 7.03. The maximum absolute atomic E-state index is 11.7. The van der Waals surface area contributed by atoms with E-state index in [0.29, 0.717) is 12.3 Å². The van der Waals surface area contributed by atoms with Gasteiger partial charge in [-0.25, -0.2) is 4.79 Å². The van der Waals surface area contributed by atoms with Crippen molar-refractivity contribution >= 4 is 17.7 Å². The molecule has 0 bridgehead atoms. The van der Waals surface area contributed by atoms with E-state index in [2.05, 4.69) is 6.92 Å². The van der Waals surface area contributed by atoms with Gasteiger partial charge in [0.25, 0.3) is 0 Å². The van der Waals surface area contributed by atoms with Gasteiger partial charge >= 0.3 is 5.97 Å². The van der Waals surface area contributed by atoms with Crippen molar-refractivity contribution in [3.63, 3.8) is 0 Å². The van der Waals surface area contributed by atoms with E-state index in [9.17, 15) is 4.79 Å². The van der Waals surface area contributed by atoms with Gasteiger partial charge in [0.05, 0.1) is 6.61 Å². The molecule has 4 heteroatoms. The standard InChI is InChI=1S/C12H19NO2S/c1-4-15-12(14)11-10(3)6-7-13(11)8-9-16-5-2/h6-7H,4-5,8-9H2,1-3H3. The van der Waals surface area contributed by atoms with Crippen molar-refractivity contribution in [3.8, 4) is 0 Å². The molecule has 0 saturated carbocycles. The second-order valence-corrected chi connectivity index (χ2v) is 4.85. The van der Waals surface area contributed by atoms with Gasteiger partial charge in [0.1, 0.15) is 5.69 Å². The molecule has 0 spiro atoms. The molecule has 0 radical (unpaired) electrons. The Morgan fingerprint density at radius 1 is 1.50 bits per heavy atom. The highest BCUT2D eigenvalue weighted by atomic mass is 32.2. The number of nitrogens with zero attached hydrogens (tertiary/aromatic N) is 1. The number of ether oxygens (including phenoxy) is 1. The van der Waals surface area contributed by atoms with Crippen LogP contribution >= 0.6 is 11.8 Å². The van der Waals surface area contributed by atoms with Gasteiger partial charge in [0.2, 0.25) is 0 Å². The van der Waals surface area contributed by atoms with E-state index in [-0.39, 0.29) is 5.97 Å². The van der Waals surface area contributed by atoms with E-state index in [1.807, 2.05) is 42.4 Å². The Kier molecular flexibility index (Phi) is 5.46. The summed E-state index contributed by atoms with van der Waals surface area (Å²) in [5, 5.41) is 0. The number of rotatable bonds is 6. The van der Waals surface area contributed by atoms with Gasteiger partial charge in [-0.1, -0.05) is 6.92 Å². The summed E-state index contributed by atoms with van der Waals surface area (Å²) in [4.78, 5) is 11.7. The van der Waals surface area contributed by atoms with Gasteiger partial charge in [0.15, 0.2) is 0 Å². The van der Waals surface area contributed by atoms with E-state index >= 15 is 0 Å². The van der Waals surface area contributed by atoms with Crippen molar-refractivity contribution in [1.29, 1.82) is 0 Å². The summed E-state index contributed by atoms with van der Waals surface area (Å²) in [7, 11) is 0. The normalized spacial score (nSPS) is 10.4. The summed E-state index contributed by atoms with van der Waals surface area (Å²) in [6.45, 7) is 7.19. The Hall–Kier alpha value is -0.900. The summed E-state index contributed by atoms with van der Waals surface area (Å²) in [5.41, 5.74) is 1.68. The van der Waals surface area contributed by atoms with Gasteiger partial charge in [-0.2, -0.15) is 11.8 Å². The van der Waals surface area contributed by atoms with Crippen molar-refractivity contribution in [2.24, 2.45) is 0 Å². The molecular formula is C12H19NO2S. The van der Waals surface area contributed by atoms with Crippen molar-refractivity contribution < 1.29 is 9.53 Å². The second-order valence-electron chi connectivity index (χ2n) is 3.46. The predicted molar refractivity (Wildman–Crippen MR) is 68.1 cm³/mol. The number of aryl methyl sites for hydroxylation is 2. The van der Waals surface area contributed by atoms with Gasteiger partial charge < -0.3 is 9.30 Å². The van der Waals surface area contributed by atoms with E-state index in [0.717, 1.165) is 23.6 Å². The van der Waals surface area contributed by atoms with Crippen LogP contribution in [-0.4, -0.2) is 28.6 Å². The number of aromatic nitrogens is 1. The van der Waals surface area contributed by atoms with Crippen LogP contribution in [0.1, 0.15) is 29.9 Å². The third kappa shape index (κ3) is 3.30. The number of thioether (sulfide) groups is 1. The number of carbonyl (C=O) groups excluding carboxylic acids is 1. The molecule has 0 fully saturated rings. The van der Waals surface area contributed by atoms with Crippen molar-refractivity contribution in [2.45, 2.75) is 27.3 Å². The first-order valence-electron chi connectivity index (χ1n) is 5.61. The lowest BCUT2D eigenvalue weighted by molar-refractivity contribution is 0.0513. The minimum atomic E-state index is -0.216.